The van der Waals surface area contributed by atoms with Gasteiger partial charge in [-0.1, -0.05) is 13.3 Å². The molecule has 5 heteroatoms. The summed E-state index contributed by atoms with van der Waals surface area (Å²) < 4.78 is 26.4. The van der Waals surface area contributed by atoms with E-state index in [2.05, 4.69) is 9.62 Å². The molecule has 2 aliphatic rings. The van der Waals surface area contributed by atoms with Crippen molar-refractivity contribution in [2.75, 3.05) is 25.4 Å². The molecule has 0 radical (unpaired) electrons. The van der Waals surface area contributed by atoms with Gasteiger partial charge in [0.25, 0.3) is 0 Å². The zero-order valence-corrected chi connectivity index (χ0v) is 11.5. The van der Waals surface area contributed by atoms with Crippen molar-refractivity contribution in [2.45, 2.75) is 45.1 Å². The Morgan fingerprint density at radius 3 is 2.71 bits per heavy atom. The Hall–Kier alpha value is -0.130. The van der Waals surface area contributed by atoms with Crippen molar-refractivity contribution in [3.8, 4) is 0 Å². The van der Waals surface area contributed by atoms with Gasteiger partial charge in [-0.15, -0.1) is 0 Å². The topological polar surface area (TPSA) is 49.4 Å². The first-order valence-electron chi connectivity index (χ1n) is 6.81. The van der Waals surface area contributed by atoms with E-state index in [1.807, 2.05) is 6.92 Å². The van der Waals surface area contributed by atoms with Gasteiger partial charge in [-0.3, -0.25) is 0 Å². The molecular weight excluding hydrogens is 236 g/mol. The Bertz CT molecular complexity index is 338. The van der Waals surface area contributed by atoms with Gasteiger partial charge in [-0.2, -0.15) is 0 Å². The SMILES string of the molecule is CCCCS(=O)(=O)NC1CCN(CC2CC2)C1. The smallest absolute Gasteiger partial charge is 0.211 e. The minimum Gasteiger partial charge on any atom is -0.301 e. The summed E-state index contributed by atoms with van der Waals surface area (Å²) in [6.45, 7) is 5.15. The highest BCUT2D eigenvalue weighted by molar-refractivity contribution is 7.89. The largest absolute Gasteiger partial charge is 0.301 e. The summed E-state index contributed by atoms with van der Waals surface area (Å²) in [6.07, 6.45) is 5.39. The second-order valence-electron chi connectivity index (χ2n) is 5.48. The molecule has 17 heavy (non-hydrogen) atoms. The number of sulfonamides is 1. The summed E-state index contributed by atoms with van der Waals surface area (Å²) in [5, 5.41) is 0. The fraction of sp³-hybridized carbons (Fsp3) is 1.00. The maximum Gasteiger partial charge on any atom is 0.211 e. The quantitative estimate of drug-likeness (QED) is 0.748. The second-order valence-corrected chi connectivity index (χ2v) is 7.35. The molecule has 1 unspecified atom stereocenters. The van der Waals surface area contributed by atoms with Gasteiger partial charge in [0.05, 0.1) is 5.75 Å². The molecule has 100 valence electrons. The maximum absolute atomic E-state index is 11.8. The molecule has 1 N–H and O–H groups in total. The van der Waals surface area contributed by atoms with E-state index in [1.165, 1.54) is 19.4 Å². The fourth-order valence-corrected chi connectivity index (χ4v) is 3.89. The number of hydrogen-bond donors (Lipinski definition) is 1. The van der Waals surface area contributed by atoms with Crippen LogP contribution in [-0.4, -0.2) is 44.7 Å². The van der Waals surface area contributed by atoms with Crippen LogP contribution < -0.4 is 4.72 Å². The minimum absolute atomic E-state index is 0.149. The van der Waals surface area contributed by atoms with Gasteiger partial charge in [0.2, 0.25) is 10.0 Å². The predicted octanol–water partition coefficient (Wildman–Crippen LogP) is 1.19. The Kier molecular flexibility index (Phi) is 4.44. The summed E-state index contributed by atoms with van der Waals surface area (Å²) in [5.74, 6) is 1.17. The molecule has 2 fully saturated rings. The monoisotopic (exact) mass is 260 g/mol. The van der Waals surface area contributed by atoms with Crippen LogP contribution in [-0.2, 0) is 10.0 Å². The summed E-state index contributed by atoms with van der Waals surface area (Å²) in [5.41, 5.74) is 0. The lowest BCUT2D eigenvalue weighted by Gasteiger charge is -2.16. The number of hydrogen-bond acceptors (Lipinski definition) is 3. The van der Waals surface area contributed by atoms with Crippen molar-refractivity contribution >= 4 is 10.0 Å². The zero-order valence-electron chi connectivity index (χ0n) is 10.7. The Labute approximate surface area is 105 Å². The highest BCUT2D eigenvalue weighted by Gasteiger charge is 2.30. The maximum atomic E-state index is 11.8. The van der Waals surface area contributed by atoms with Crippen LogP contribution in [0.1, 0.15) is 39.0 Å². The first kappa shape index (κ1) is 13.3. The van der Waals surface area contributed by atoms with Crippen molar-refractivity contribution in [3.05, 3.63) is 0 Å². The van der Waals surface area contributed by atoms with Gasteiger partial charge in [0.1, 0.15) is 0 Å². The molecule has 1 aliphatic carbocycles. The summed E-state index contributed by atoms with van der Waals surface area (Å²) >= 11 is 0. The molecule has 1 aliphatic heterocycles. The third-order valence-electron chi connectivity index (χ3n) is 3.60. The summed E-state index contributed by atoms with van der Waals surface area (Å²) in [7, 11) is -3.04. The van der Waals surface area contributed by atoms with Crippen LogP contribution in [0.4, 0.5) is 0 Å². The third kappa shape index (κ3) is 4.56. The molecule has 4 nitrogen and oxygen atoms in total. The van der Waals surface area contributed by atoms with Gasteiger partial charge in [0, 0.05) is 19.1 Å². The van der Waals surface area contributed by atoms with Crippen molar-refractivity contribution in [2.24, 2.45) is 5.92 Å². The van der Waals surface area contributed by atoms with Crippen molar-refractivity contribution in [1.29, 1.82) is 0 Å². The molecule has 1 heterocycles. The fourth-order valence-electron chi connectivity index (χ4n) is 2.41. The first-order valence-corrected chi connectivity index (χ1v) is 8.46. The highest BCUT2D eigenvalue weighted by Crippen LogP contribution is 2.30. The van der Waals surface area contributed by atoms with Crippen LogP contribution in [0.3, 0.4) is 0 Å². The second kappa shape index (κ2) is 5.67. The van der Waals surface area contributed by atoms with Gasteiger partial charge in [-0.25, -0.2) is 13.1 Å². The van der Waals surface area contributed by atoms with Crippen molar-refractivity contribution in [3.63, 3.8) is 0 Å². The number of rotatable bonds is 7. The van der Waals surface area contributed by atoms with E-state index in [-0.39, 0.29) is 11.8 Å². The average Bonchev–Trinajstić information content (AvgIpc) is 2.96. The number of likely N-dealkylation sites (tertiary alicyclic amines) is 1. The van der Waals surface area contributed by atoms with Gasteiger partial charge in [0.15, 0.2) is 0 Å². The van der Waals surface area contributed by atoms with E-state index in [0.717, 1.165) is 38.3 Å². The van der Waals surface area contributed by atoms with Crippen molar-refractivity contribution < 1.29 is 8.42 Å². The molecule has 2 rings (SSSR count). The van der Waals surface area contributed by atoms with Crippen LogP contribution in [0, 0.1) is 5.92 Å². The molecule has 1 saturated carbocycles. The molecule has 0 amide bonds. The van der Waals surface area contributed by atoms with Gasteiger partial charge >= 0.3 is 0 Å². The van der Waals surface area contributed by atoms with E-state index in [4.69, 9.17) is 0 Å². The molecular formula is C12H24N2O2S. The van der Waals surface area contributed by atoms with E-state index < -0.39 is 10.0 Å². The van der Waals surface area contributed by atoms with Crippen LogP contribution in [0.5, 0.6) is 0 Å². The lowest BCUT2D eigenvalue weighted by molar-refractivity contribution is 0.318. The Morgan fingerprint density at radius 2 is 2.06 bits per heavy atom. The van der Waals surface area contributed by atoms with Crippen molar-refractivity contribution in [1.82, 2.24) is 9.62 Å². The number of nitrogens with zero attached hydrogens (tertiary/aromatic N) is 1. The summed E-state index contributed by atoms with van der Waals surface area (Å²) in [4.78, 5) is 2.41. The molecule has 0 aromatic rings. The third-order valence-corrected chi connectivity index (χ3v) is 5.12. The van der Waals surface area contributed by atoms with E-state index in [1.54, 1.807) is 0 Å². The molecule has 0 bridgehead atoms. The molecule has 1 saturated heterocycles. The van der Waals surface area contributed by atoms with Crippen LogP contribution in [0.25, 0.3) is 0 Å². The number of nitrogens with one attached hydrogen (secondary N) is 1. The summed E-state index contributed by atoms with van der Waals surface area (Å²) in [6, 6.07) is 0.149. The van der Waals surface area contributed by atoms with E-state index >= 15 is 0 Å². The van der Waals surface area contributed by atoms with Gasteiger partial charge in [-0.05, 0) is 38.1 Å². The normalized spacial score (nSPS) is 26.5. The van der Waals surface area contributed by atoms with Crippen LogP contribution in [0.15, 0.2) is 0 Å². The molecule has 1 atom stereocenters. The highest BCUT2D eigenvalue weighted by atomic mass is 32.2. The predicted molar refractivity (Wildman–Crippen MR) is 69.4 cm³/mol. The molecule has 0 spiro atoms. The minimum atomic E-state index is -3.04. The van der Waals surface area contributed by atoms with Crippen LogP contribution >= 0.6 is 0 Å². The van der Waals surface area contributed by atoms with Gasteiger partial charge < -0.3 is 4.90 Å². The lowest BCUT2D eigenvalue weighted by atomic mass is 10.3. The number of unbranched alkanes of at least 4 members (excludes halogenated alkanes) is 1. The zero-order chi connectivity index (χ0) is 12.3. The molecule has 0 aromatic carbocycles. The van der Waals surface area contributed by atoms with E-state index in [0.29, 0.717) is 0 Å². The lowest BCUT2D eigenvalue weighted by Crippen LogP contribution is -2.38. The molecule has 0 aromatic heterocycles. The Morgan fingerprint density at radius 1 is 1.29 bits per heavy atom. The first-order chi connectivity index (χ1) is 8.09. The standard InChI is InChI=1S/C12H24N2O2S/c1-2-3-8-17(15,16)13-12-6-7-14(10-12)9-11-4-5-11/h11-13H,2-10H2,1H3. The van der Waals surface area contributed by atoms with Crippen LogP contribution in [0.2, 0.25) is 0 Å². The Balaban J connectivity index is 1.72. The average molecular weight is 260 g/mol. The van der Waals surface area contributed by atoms with E-state index in [9.17, 15) is 8.42 Å².